The number of halogens is 6. The van der Waals surface area contributed by atoms with Crippen LogP contribution < -0.4 is 22.9 Å². The molecule has 4 aliphatic heterocycles. The highest BCUT2D eigenvalue weighted by Crippen LogP contribution is 2.56. The molecular weight excluding hydrogens is 905 g/mol. The lowest BCUT2D eigenvalue weighted by molar-refractivity contribution is -0.132. The van der Waals surface area contributed by atoms with Crippen LogP contribution in [-0.2, 0) is 29.4 Å². The van der Waals surface area contributed by atoms with Crippen LogP contribution in [0.15, 0.2) is 0 Å². The van der Waals surface area contributed by atoms with Crippen LogP contribution in [0.1, 0.15) is 65.2 Å². The highest BCUT2D eigenvalue weighted by molar-refractivity contribution is 8.12. The predicted molar refractivity (Wildman–Crippen MR) is 200 cm³/mol. The second kappa shape index (κ2) is 21.0. The van der Waals surface area contributed by atoms with Crippen LogP contribution in [0.3, 0.4) is 0 Å². The van der Waals surface area contributed by atoms with E-state index in [0.29, 0.717) is 12.8 Å². The summed E-state index contributed by atoms with van der Waals surface area (Å²) in [6, 6.07) is -1.83. The maximum atomic E-state index is 12.3. The van der Waals surface area contributed by atoms with Crippen molar-refractivity contribution in [3.05, 3.63) is 0 Å². The highest BCUT2D eigenvalue weighted by Gasteiger charge is 2.49. The summed E-state index contributed by atoms with van der Waals surface area (Å²) >= 11 is 3.12. The van der Waals surface area contributed by atoms with E-state index >= 15 is 0 Å². The van der Waals surface area contributed by atoms with Crippen molar-refractivity contribution in [1.82, 2.24) is 0 Å². The lowest BCUT2D eigenvalue weighted by atomic mass is 10.1. The van der Waals surface area contributed by atoms with E-state index in [2.05, 4.69) is 0 Å². The topological polar surface area (TPSA) is 328 Å². The van der Waals surface area contributed by atoms with Crippen LogP contribution in [0.5, 0.6) is 0 Å². The molecule has 0 radical (unpaired) electrons. The molecule has 0 aromatic carbocycles. The molecule has 12 unspecified atom stereocenters. The minimum absolute atomic E-state index is 0.0566. The zero-order valence-electron chi connectivity index (χ0n) is 28.6. The van der Waals surface area contributed by atoms with E-state index in [1.807, 2.05) is 13.8 Å². The molecule has 0 spiro atoms. The van der Waals surface area contributed by atoms with Crippen molar-refractivity contribution in [1.29, 1.82) is 0 Å². The Bertz CT molecular complexity index is 1490. The van der Waals surface area contributed by atoms with Crippen LogP contribution in [0, 0.1) is 0 Å². The van der Waals surface area contributed by atoms with Crippen LogP contribution in [-0.4, -0.2) is 122 Å². The van der Waals surface area contributed by atoms with Crippen molar-refractivity contribution in [2.75, 3.05) is 0 Å². The Balaban J connectivity index is 0.000000362. The average molecular weight is 953 g/mol. The normalized spacial score (nSPS) is 35.9. The van der Waals surface area contributed by atoms with Crippen LogP contribution in [0.25, 0.3) is 0 Å². The van der Waals surface area contributed by atoms with Crippen molar-refractivity contribution in [3.8, 4) is 0 Å². The van der Waals surface area contributed by atoms with Crippen LogP contribution in [0.2, 0.25) is 0 Å². The zero-order chi connectivity index (χ0) is 42.4. The van der Waals surface area contributed by atoms with Crippen LogP contribution in [0.4, 0.5) is 26.3 Å². The molecule has 324 valence electrons. The van der Waals surface area contributed by atoms with Gasteiger partial charge in [-0.2, -0.15) is 43.2 Å². The standard InChI is InChI=1S/C6H11F3NO3PS.C6H10F3NO3S2.C6H14NO3PS.C6H13NO3S2/c7-6(8,9)4-1-3(10)2-5(15-4)14(11,12)13;7-6(8,9)4-1-3(10)2-5(14-4)15(11,12)13;1-4-2-5(7)3-6(12-4)11(8,9)10;1-4-2-5(7)3-6(11-4)12(8,9)10/h3-5H,1-2,10H2,(H2,11,12,13);3-5H,1-2,10H2,(H,11,12,13);4-6H,2-3,7H2,1H3,(H2,8,9,10);4-6H,2-3,7H2,1H3,(H,8,9,10). The van der Waals surface area contributed by atoms with Crippen molar-refractivity contribution < 1.29 is 81.0 Å². The fraction of sp³-hybridized carbons (Fsp3) is 1.00. The third-order valence-electron chi connectivity index (χ3n) is 7.86. The number of nitrogens with two attached hydrogens (primary N) is 4. The number of thioether (sulfide) groups is 4. The van der Waals surface area contributed by atoms with Crippen molar-refractivity contribution in [2.45, 2.75) is 142 Å². The molecule has 4 heterocycles. The average Bonchev–Trinajstić information content (AvgIpc) is 2.94. The molecule has 4 fully saturated rings. The van der Waals surface area contributed by atoms with Gasteiger partial charge in [0.15, 0.2) is 0 Å². The van der Waals surface area contributed by atoms with Gasteiger partial charge in [-0.3, -0.25) is 18.2 Å². The Morgan fingerprint density at radius 1 is 0.519 bits per heavy atom. The Morgan fingerprint density at radius 3 is 1.15 bits per heavy atom. The Morgan fingerprint density at radius 2 is 0.815 bits per heavy atom. The monoisotopic (exact) mass is 952 g/mol. The summed E-state index contributed by atoms with van der Waals surface area (Å²) in [7, 11) is -16.8. The van der Waals surface area contributed by atoms with Gasteiger partial charge in [0.05, 0.1) is 0 Å². The third-order valence-corrected chi connectivity index (χ3v) is 20.9. The summed E-state index contributed by atoms with van der Waals surface area (Å²) in [5.41, 5.74) is 22.0. The predicted octanol–water partition coefficient (Wildman–Crippen LogP) is 3.44. The molecule has 0 saturated carbocycles. The highest BCUT2D eigenvalue weighted by atomic mass is 32.3. The summed E-state index contributed by atoms with van der Waals surface area (Å²) in [4.78, 5) is 33.5. The molecule has 4 saturated heterocycles. The first-order valence-corrected chi connectivity index (χ1v) is 25.9. The molecule has 4 rings (SSSR count). The number of alkyl halides is 6. The molecular formula is C24H48F6N4O12P2S6. The van der Waals surface area contributed by atoms with E-state index in [-0.39, 0.29) is 71.8 Å². The number of hydrogen-bond acceptors (Lipinski definition) is 14. The van der Waals surface area contributed by atoms with Gasteiger partial charge in [-0.1, -0.05) is 13.8 Å². The van der Waals surface area contributed by atoms with E-state index in [4.69, 9.17) is 51.6 Å². The second-order valence-corrected chi connectivity index (χ2v) is 27.3. The molecule has 0 aliphatic carbocycles. The van der Waals surface area contributed by atoms with Gasteiger partial charge in [0.1, 0.15) is 29.6 Å². The van der Waals surface area contributed by atoms with E-state index in [1.165, 1.54) is 23.5 Å². The fourth-order valence-corrected chi connectivity index (χ4v) is 16.9. The molecule has 4 aliphatic rings. The molecule has 14 N–H and O–H groups in total. The van der Waals surface area contributed by atoms with Gasteiger partial charge in [-0.25, -0.2) is 0 Å². The first-order chi connectivity index (χ1) is 24.0. The first kappa shape index (κ1) is 53.0. The van der Waals surface area contributed by atoms with Gasteiger partial charge in [-0.05, 0) is 51.4 Å². The quantitative estimate of drug-likeness (QED) is 0.110. The smallest absolute Gasteiger partial charge is 0.328 e. The Hall–Kier alpha value is 0.940. The number of hydrogen-bond donors (Lipinski definition) is 10. The second-order valence-electron chi connectivity index (χ2n) is 13.1. The van der Waals surface area contributed by atoms with Crippen molar-refractivity contribution >= 4 is 82.5 Å². The minimum Gasteiger partial charge on any atom is -0.328 e. The van der Waals surface area contributed by atoms with Gasteiger partial charge >= 0.3 is 27.5 Å². The molecule has 0 amide bonds. The molecule has 30 heteroatoms. The van der Waals surface area contributed by atoms with E-state index in [9.17, 15) is 52.3 Å². The molecule has 0 aromatic heterocycles. The van der Waals surface area contributed by atoms with E-state index < -0.39 is 89.5 Å². The van der Waals surface area contributed by atoms with Gasteiger partial charge in [0.25, 0.3) is 20.2 Å². The van der Waals surface area contributed by atoms with E-state index in [0.717, 1.165) is 12.8 Å². The Kier molecular flexibility index (Phi) is 20.5. The molecule has 0 aromatic rings. The molecule has 16 nitrogen and oxygen atoms in total. The molecule has 54 heavy (non-hydrogen) atoms. The van der Waals surface area contributed by atoms with Gasteiger partial charge < -0.3 is 42.5 Å². The fourth-order valence-electron chi connectivity index (χ4n) is 5.38. The summed E-state index contributed by atoms with van der Waals surface area (Å²) in [5.74, 6) is 0. The summed E-state index contributed by atoms with van der Waals surface area (Å²) in [5, 5.41) is -3.14. The maximum Gasteiger partial charge on any atom is 0.400 e. The maximum absolute atomic E-state index is 12.3. The Labute approximate surface area is 326 Å². The van der Waals surface area contributed by atoms with Crippen molar-refractivity contribution in [3.63, 3.8) is 0 Å². The lowest BCUT2D eigenvalue weighted by Crippen LogP contribution is -2.43. The molecule has 12 atom stereocenters. The summed E-state index contributed by atoms with van der Waals surface area (Å²) < 4.78 is 154. The van der Waals surface area contributed by atoms with E-state index in [1.54, 1.807) is 0 Å². The van der Waals surface area contributed by atoms with Gasteiger partial charge in [0.2, 0.25) is 0 Å². The van der Waals surface area contributed by atoms with Gasteiger partial charge in [-0.15, -0.1) is 47.0 Å². The largest absolute Gasteiger partial charge is 0.400 e. The molecule has 0 bridgehead atoms. The summed E-state index contributed by atoms with van der Waals surface area (Å²) in [6.45, 7) is 3.87. The first-order valence-electron chi connectivity index (χ1n) is 15.8. The van der Waals surface area contributed by atoms with Crippen LogP contribution >= 0.6 is 62.2 Å². The third kappa shape index (κ3) is 19.8. The van der Waals surface area contributed by atoms with Gasteiger partial charge in [0, 0.05) is 34.7 Å². The minimum atomic E-state index is -4.50. The van der Waals surface area contributed by atoms with Crippen molar-refractivity contribution in [2.24, 2.45) is 22.9 Å². The SMILES string of the molecule is CC1CC(N)CC(P(=O)(O)O)S1.CC1CC(N)CC(S(=O)(=O)O)S1.NC1CC(C(F)(F)F)SC(P(=O)(O)O)C1.NC1CC(C(F)(F)F)SC(S(=O)(=O)O)C1. The zero-order valence-corrected chi connectivity index (χ0v) is 35.3. The number of rotatable bonds is 4. The summed E-state index contributed by atoms with van der Waals surface area (Å²) in [6.07, 6.45) is -7.35. The lowest BCUT2D eigenvalue weighted by Gasteiger charge is -2.33.